The second-order valence-electron chi connectivity index (χ2n) is 4.75. The number of piperidine rings is 1. The van der Waals surface area contributed by atoms with Crippen LogP contribution in [-0.4, -0.2) is 40.5 Å². The Morgan fingerprint density at radius 3 is 2.48 bits per heavy atom. The van der Waals surface area contributed by atoms with E-state index in [1.807, 2.05) is 0 Å². The molecule has 0 spiro atoms. The summed E-state index contributed by atoms with van der Waals surface area (Å²) in [5.74, 6) is -0.174. The van der Waals surface area contributed by atoms with Gasteiger partial charge in [0.1, 0.15) is 0 Å². The molecule has 1 atom stereocenters. The maximum absolute atomic E-state index is 12.0. The molecule has 1 saturated heterocycles. The van der Waals surface area contributed by atoms with Crippen LogP contribution in [0.5, 0.6) is 0 Å². The van der Waals surface area contributed by atoms with Gasteiger partial charge in [0.15, 0.2) is 0 Å². The summed E-state index contributed by atoms with van der Waals surface area (Å²) >= 11 is 0. The van der Waals surface area contributed by atoms with Gasteiger partial charge in [-0.2, -0.15) is 0 Å². The molecule has 1 aromatic carbocycles. The van der Waals surface area contributed by atoms with E-state index in [1.54, 1.807) is 0 Å². The number of carbonyl (C=O) groups excluding carboxylic acids is 1. The summed E-state index contributed by atoms with van der Waals surface area (Å²) in [6, 6.07) is 6.04. The second kappa shape index (κ2) is 7.74. The first-order valence-corrected chi connectivity index (χ1v) is 8.06. The molecule has 1 fully saturated rings. The predicted molar refractivity (Wildman–Crippen MR) is 83.3 cm³/mol. The smallest absolute Gasteiger partial charge is 0.251 e. The molecule has 118 valence electrons. The minimum absolute atomic E-state index is 0. The quantitative estimate of drug-likeness (QED) is 0.748. The summed E-state index contributed by atoms with van der Waals surface area (Å²) in [6.45, 7) is 1.76. The van der Waals surface area contributed by atoms with Crippen LogP contribution in [0.2, 0.25) is 0 Å². The van der Waals surface area contributed by atoms with Gasteiger partial charge in [-0.15, -0.1) is 12.4 Å². The number of nitrogens with one attached hydrogen (secondary N) is 3. The molecule has 3 N–H and O–H groups in total. The third-order valence-electron chi connectivity index (χ3n) is 3.33. The van der Waals surface area contributed by atoms with E-state index >= 15 is 0 Å². The average Bonchev–Trinajstić information content (AvgIpc) is 2.48. The van der Waals surface area contributed by atoms with Crippen molar-refractivity contribution in [2.24, 2.45) is 0 Å². The van der Waals surface area contributed by atoms with E-state index in [2.05, 4.69) is 15.4 Å². The molecular formula is C13H20ClN3O3S. The summed E-state index contributed by atoms with van der Waals surface area (Å²) in [4.78, 5) is 12.2. The molecule has 1 amide bonds. The molecule has 2 rings (SSSR count). The Morgan fingerprint density at radius 2 is 1.95 bits per heavy atom. The summed E-state index contributed by atoms with van der Waals surface area (Å²) in [6.07, 6.45) is 2.01. The summed E-state index contributed by atoms with van der Waals surface area (Å²) < 4.78 is 25.4. The fourth-order valence-corrected chi connectivity index (χ4v) is 2.88. The fourth-order valence-electron chi connectivity index (χ4n) is 2.15. The zero-order valence-corrected chi connectivity index (χ0v) is 13.4. The van der Waals surface area contributed by atoms with Crippen molar-refractivity contribution in [2.75, 3.05) is 20.1 Å². The number of amides is 1. The molecule has 8 heteroatoms. The number of sulfonamides is 1. The Kier molecular flexibility index (Phi) is 6.60. The van der Waals surface area contributed by atoms with Crippen LogP contribution in [0, 0.1) is 0 Å². The van der Waals surface area contributed by atoms with E-state index in [0.717, 1.165) is 25.9 Å². The van der Waals surface area contributed by atoms with Gasteiger partial charge in [-0.3, -0.25) is 4.79 Å². The predicted octanol–water partition coefficient (Wildman–Crippen LogP) is 0.498. The molecule has 1 aliphatic rings. The molecule has 21 heavy (non-hydrogen) atoms. The van der Waals surface area contributed by atoms with E-state index in [1.165, 1.54) is 31.3 Å². The van der Waals surface area contributed by atoms with Gasteiger partial charge in [-0.25, -0.2) is 13.1 Å². The van der Waals surface area contributed by atoms with Crippen molar-refractivity contribution >= 4 is 28.3 Å². The molecule has 0 radical (unpaired) electrons. The number of hydrogen-bond acceptors (Lipinski definition) is 4. The summed E-state index contributed by atoms with van der Waals surface area (Å²) in [5.41, 5.74) is 0.464. The van der Waals surface area contributed by atoms with E-state index in [-0.39, 0.29) is 29.3 Å². The first-order valence-electron chi connectivity index (χ1n) is 6.58. The number of benzene rings is 1. The number of halogens is 1. The Bertz CT molecular complexity index is 569. The molecule has 0 saturated carbocycles. The Hall–Kier alpha value is -1.15. The lowest BCUT2D eigenvalue weighted by molar-refractivity contribution is 0.0930. The minimum Gasteiger partial charge on any atom is -0.348 e. The van der Waals surface area contributed by atoms with Crippen molar-refractivity contribution in [2.45, 2.75) is 23.8 Å². The zero-order chi connectivity index (χ0) is 14.6. The maximum Gasteiger partial charge on any atom is 0.251 e. The molecule has 0 bridgehead atoms. The Labute approximate surface area is 131 Å². The monoisotopic (exact) mass is 333 g/mol. The summed E-state index contributed by atoms with van der Waals surface area (Å²) in [5, 5.41) is 6.17. The Balaban J connectivity index is 0.00000220. The number of hydrogen-bond donors (Lipinski definition) is 3. The normalized spacial score (nSPS) is 18.6. The van der Waals surface area contributed by atoms with Crippen molar-refractivity contribution in [1.82, 2.24) is 15.4 Å². The van der Waals surface area contributed by atoms with Crippen molar-refractivity contribution in [3.8, 4) is 0 Å². The van der Waals surface area contributed by atoms with Crippen molar-refractivity contribution < 1.29 is 13.2 Å². The lowest BCUT2D eigenvalue weighted by atomic mass is 10.1. The zero-order valence-electron chi connectivity index (χ0n) is 11.8. The van der Waals surface area contributed by atoms with Crippen LogP contribution < -0.4 is 15.4 Å². The SMILES string of the molecule is CNS(=O)(=O)c1ccc(C(=O)NC2CCCNC2)cc1.Cl. The van der Waals surface area contributed by atoms with Crippen molar-refractivity contribution in [3.63, 3.8) is 0 Å². The van der Waals surface area contributed by atoms with Gasteiger partial charge >= 0.3 is 0 Å². The minimum atomic E-state index is -3.46. The highest BCUT2D eigenvalue weighted by Crippen LogP contribution is 2.11. The lowest BCUT2D eigenvalue weighted by Gasteiger charge is -2.23. The molecule has 1 aliphatic heterocycles. The van der Waals surface area contributed by atoms with Crippen LogP contribution in [0.25, 0.3) is 0 Å². The van der Waals surface area contributed by atoms with Gasteiger partial charge in [-0.1, -0.05) is 0 Å². The average molecular weight is 334 g/mol. The van der Waals surface area contributed by atoms with Gasteiger partial charge in [0.05, 0.1) is 4.90 Å². The number of carbonyl (C=O) groups is 1. The molecule has 1 heterocycles. The van der Waals surface area contributed by atoms with Crippen LogP contribution in [0.4, 0.5) is 0 Å². The third kappa shape index (κ3) is 4.67. The summed E-state index contributed by atoms with van der Waals surface area (Å²) in [7, 11) is -2.11. The third-order valence-corrected chi connectivity index (χ3v) is 4.76. The lowest BCUT2D eigenvalue weighted by Crippen LogP contribution is -2.45. The highest BCUT2D eigenvalue weighted by atomic mass is 35.5. The van der Waals surface area contributed by atoms with Crippen LogP contribution in [-0.2, 0) is 10.0 Å². The van der Waals surface area contributed by atoms with Crippen molar-refractivity contribution in [3.05, 3.63) is 29.8 Å². The highest BCUT2D eigenvalue weighted by Gasteiger charge is 2.17. The van der Waals surface area contributed by atoms with Crippen LogP contribution in [0.15, 0.2) is 29.2 Å². The molecule has 1 unspecified atom stereocenters. The maximum atomic E-state index is 12.0. The van der Waals surface area contributed by atoms with Gasteiger partial charge in [0.25, 0.3) is 5.91 Å². The second-order valence-corrected chi connectivity index (χ2v) is 6.64. The molecular weight excluding hydrogens is 314 g/mol. The largest absolute Gasteiger partial charge is 0.348 e. The van der Waals surface area contributed by atoms with Crippen LogP contribution in [0.1, 0.15) is 23.2 Å². The molecule has 1 aromatic rings. The van der Waals surface area contributed by atoms with E-state index in [4.69, 9.17) is 0 Å². The first-order chi connectivity index (χ1) is 9.53. The van der Waals surface area contributed by atoms with Gasteiger partial charge in [0, 0.05) is 18.2 Å². The fraction of sp³-hybridized carbons (Fsp3) is 0.462. The van der Waals surface area contributed by atoms with Crippen molar-refractivity contribution in [1.29, 1.82) is 0 Å². The van der Waals surface area contributed by atoms with E-state index in [9.17, 15) is 13.2 Å². The standard InChI is InChI=1S/C13H19N3O3S.ClH/c1-14-20(18,19)12-6-4-10(5-7-12)13(17)16-11-3-2-8-15-9-11;/h4-7,11,14-15H,2-3,8-9H2,1H3,(H,16,17);1H. The van der Waals surface area contributed by atoms with Gasteiger partial charge < -0.3 is 10.6 Å². The first kappa shape index (κ1) is 17.9. The van der Waals surface area contributed by atoms with Crippen LogP contribution in [0.3, 0.4) is 0 Å². The van der Waals surface area contributed by atoms with Gasteiger partial charge in [0.2, 0.25) is 10.0 Å². The van der Waals surface area contributed by atoms with Gasteiger partial charge in [-0.05, 0) is 50.7 Å². The molecule has 6 nitrogen and oxygen atoms in total. The highest BCUT2D eigenvalue weighted by molar-refractivity contribution is 7.89. The topological polar surface area (TPSA) is 87.3 Å². The number of rotatable bonds is 4. The van der Waals surface area contributed by atoms with Crippen LogP contribution >= 0.6 is 12.4 Å². The van der Waals surface area contributed by atoms with E-state index in [0.29, 0.717) is 5.56 Å². The molecule has 0 aromatic heterocycles. The van der Waals surface area contributed by atoms with E-state index < -0.39 is 10.0 Å². The Morgan fingerprint density at radius 1 is 1.29 bits per heavy atom. The molecule has 0 aliphatic carbocycles.